The highest BCUT2D eigenvalue weighted by atomic mass is 127. The van der Waals surface area contributed by atoms with E-state index in [1.807, 2.05) is 27.7 Å². The number of halogens is 1. The predicted molar refractivity (Wildman–Crippen MR) is 118 cm³/mol. The van der Waals surface area contributed by atoms with Gasteiger partial charge in [0.25, 0.3) is 0 Å². The number of likely N-dealkylation sites (N-methyl/N-ethyl adjacent to an activating group) is 1. The van der Waals surface area contributed by atoms with E-state index in [0.717, 1.165) is 38.6 Å². The fraction of sp³-hybridized carbons (Fsp3) is 0.882. The molecule has 0 radical (unpaired) electrons. The van der Waals surface area contributed by atoms with Crippen LogP contribution in [0.2, 0.25) is 0 Å². The molecule has 3 N–H and O–H groups in total. The lowest BCUT2D eigenvalue weighted by Crippen LogP contribution is -2.42. The maximum Gasteiger partial charge on any atom is 0.407 e. The summed E-state index contributed by atoms with van der Waals surface area (Å²) >= 11 is 0. The lowest BCUT2D eigenvalue weighted by atomic mass is 10.2. The van der Waals surface area contributed by atoms with Crippen LogP contribution < -0.4 is 16.0 Å². The van der Waals surface area contributed by atoms with Crippen LogP contribution in [0.25, 0.3) is 0 Å². The van der Waals surface area contributed by atoms with E-state index in [1.165, 1.54) is 0 Å². The van der Waals surface area contributed by atoms with Crippen LogP contribution in [0.1, 0.15) is 34.1 Å². The van der Waals surface area contributed by atoms with E-state index < -0.39 is 11.7 Å². The number of carbonyl (C=O) groups is 1. The number of carbonyl (C=O) groups excluding carboxylic acids is 1. The first-order valence-electron chi connectivity index (χ1n) is 8.95. The zero-order valence-electron chi connectivity index (χ0n) is 17.2. The molecule has 8 nitrogen and oxygen atoms in total. The quantitative estimate of drug-likeness (QED) is 0.178. The third-order valence-corrected chi connectivity index (χ3v) is 3.07. The Balaban J connectivity index is 0. The molecule has 0 aliphatic heterocycles. The van der Waals surface area contributed by atoms with Gasteiger partial charge in [0.15, 0.2) is 5.96 Å². The zero-order valence-corrected chi connectivity index (χ0v) is 19.5. The van der Waals surface area contributed by atoms with Crippen molar-refractivity contribution in [3.63, 3.8) is 0 Å². The van der Waals surface area contributed by atoms with Gasteiger partial charge in [-0.1, -0.05) is 0 Å². The standard InChI is InChI=1S/C17H37N5O3.HI/c1-7-18-15(20-11-13-22(5)12-8-14-24-6)19-9-10-21-16(23)25-17(2,3)4;/h7-14H2,1-6H3,(H,21,23)(H2,18,19,20);1H. The molecule has 9 heteroatoms. The highest BCUT2D eigenvalue weighted by molar-refractivity contribution is 14.0. The number of amides is 1. The van der Waals surface area contributed by atoms with E-state index in [-0.39, 0.29) is 24.0 Å². The highest BCUT2D eigenvalue weighted by Gasteiger charge is 2.15. The van der Waals surface area contributed by atoms with Crippen LogP contribution in [-0.2, 0) is 9.47 Å². The molecule has 0 unspecified atom stereocenters. The monoisotopic (exact) mass is 487 g/mol. The summed E-state index contributed by atoms with van der Waals surface area (Å²) in [6, 6.07) is 0. The first-order valence-corrected chi connectivity index (χ1v) is 8.95. The number of hydrogen-bond acceptors (Lipinski definition) is 5. The average Bonchev–Trinajstić information content (AvgIpc) is 2.50. The van der Waals surface area contributed by atoms with Crippen LogP contribution >= 0.6 is 24.0 Å². The van der Waals surface area contributed by atoms with E-state index in [4.69, 9.17) is 9.47 Å². The second-order valence-electron chi connectivity index (χ2n) is 6.77. The van der Waals surface area contributed by atoms with Gasteiger partial charge < -0.3 is 30.3 Å². The van der Waals surface area contributed by atoms with Crippen molar-refractivity contribution in [1.82, 2.24) is 20.9 Å². The molecule has 0 atom stereocenters. The maximum absolute atomic E-state index is 11.6. The van der Waals surface area contributed by atoms with Gasteiger partial charge in [-0.2, -0.15) is 0 Å². The van der Waals surface area contributed by atoms with Crippen molar-refractivity contribution in [2.24, 2.45) is 4.99 Å². The number of nitrogens with zero attached hydrogens (tertiary/aromatic N) is 2. The molecule has 0 aliphatic carbocycles. The van der Waals surface area contributed by atoms with Crippen molar-refractivity contribution < 1.29 is 14.3 Å². The van der Waals surface area contributed by atoms with E-state index in [0.29, 0.717) is 19.6 Å². The van der Waals surface area contributed by atoms with Gasteiger partial charge in [0.2, 0.25) is 0 Å². The number of methoxy groups -OCH3 is 1. The zero-order chi connectivity index (χ0) is 19.1. The van der Waals surface area contributed by atoms with Crippen LogP contribution in [0.3, 0.4) is 0 Å². The number of hydrogen-bond donors (Lipinski definition) is 3. The van der Waals surface area contributed by atoms with Crippen LogP contribution in [0.15, 0.2) is 4.99 Å². The Morgan fingerprint density at radius 2 is 1.77 bits per heavy atom. The molecule has 0 spiro atoms. The molecule has 156 valence electrons. The minimum atomic E-state index is -0.483. The fourth-order valence-corrected chi connectivity index (χ4v) is 1.92. The summed E-state index contributed by atoms with van der Waals surface area (Å²) in [6.45, 7) is 12.7. The summed E-state index contributed by atoms with van der Waals surface area (Å²) in [5, 5.41) is 9.10. The molecule has 26 heavy (non-hydrogen) atoms. The summed E-state index contributed by atoms with van der Waals surface area (Å²) in [6.07, 6.45) is 0.611. The van der Waals surface area contributed by atoms with Crippen molar-refractivity contribution in [2.45, 2.75) is 39.7 Å². The molecule has 0 saturated heterocycles. The maximum atomic E-state index is 11.6. The van der Waals surface area contributed by atoms with Crippen LogP contribution in [-0.4, -0.2) is 82.6 Å². The van der Waals surface area contributed by atoms with Crippen molar-refractivity contribution in [3.8, 4) is 0 Å². The SMILES string of the molecule is CCNC(=NCCN(C)CCCOC)NCCNC(=O)OC(C)(C)C.I. The van der Waals surface area contributed by atoms with E-state index in [2.05, 4.69) is 32.9 Å². The van der Waals surface area contributed by atoms with Gasteiger partial charge in [0, 0.05) is 46.4 Å². The van der Waals surface area contributed by atoms with Crippen molar-refractivity contribution in [1.29, 1.82) is 0 Å². The molecule has 0 rings (SSSR count). The van der Waals surface area contributed by atoms with E-state index in [9.17, 15) is 4.79 Å². The minimum absolute atomic E-state index is 0. The molecule has 0 heterocycles. The van der Waals surface area contributed by atoms with Crippen LogP contribution in [0.4, 0.5) is 4.79 Å². The van der Waals surface area contributed by atoms with Gasteiger partial charge in [-0.25, -0.2) is 4.79 Å². The van der Waals surface area contributed by atoms with Crippen molar-refractivity contribution in [3.05, 3.63) is 0 Å². The normalized spacial score (nSPS) is 11.7. The molecule has 0 fully saturated rings. The molecule has 0 aromatic carbocycles. The summed E-state index contributed by atoms with van der Waals surface area (Å²) in [4.78, 5) is 18.3. The average molecular weight is 487 g/mol. The lowest BCUT2D eigenvalue weighted by Gasteiger charge is -2.20. The molecule has 0 bridgehead atoms. The summed E-state index contributed by atoms with van der Waals surface area (Å²) in [5.41, 5.74) is -0.483. The van der Waals surface area contributed by atoms with Crippen LogP contribution in [0.5, 0.6) is 0 Å². The van der Waals surface area contributed by atoms with Gasteiger partial charge in [-0.05, 0) is 41.2 Å². The number of nitrogens with one attached hydrogen (secondary N) is 3. The van der Waals surface area contributed by atoms with Crippen LogP contribution in [0, 0.1) is 0 Å². The second kappa shape index (κ2) is 16.4. The third-order valence-electron chi connectivity index (χ3n) is 3.07. The Bertz CT molecular complexity index is 389. The van der Waals surface area contributed by atoms with Gasteiger partial charge in [-0.15, -0.1) is 24.0 Å². The summed E-state index contributed by atoms with van der Waals surface area (Å²) < 4.78 is 10.2. The first kappa shape index (κ1) is 27.4. The number of aliphatic imine (C=N–C) groups is 1. The lowest BCUT2D eigenvalue weighted by molar-refractivity contribution is 0.0529. The number of ether oxygens (including phenoxy) is 2. The molecule has 0 aromatic rings. The predicted octanol–water partition coefficient (Wildman–Crippen LogP) is 1.65. The highest BCUT2D eigenvalue weighted by Crippen LogP contribution is 2.05. The summed E-state index contributed by atoms with van der Waals surface area (Å²) in [7, 11) is 3.80. The van der Waals surface area contributed by atoms with E-state index in [1.54, 1.807) is 7.11 Å². The largest absolute Gasteiger partial charge is 0.444 e. The molecular formula is C17H38IN5O3. The summed E-state index contributed by atoms with van der Waals surface area (Å²) in [5.74, 6) is 0.749. The number of guanidine groups is 1. The Morgan fingerprint density at radius 3 is 2.35 bits per heavy atom. The first-order chi connectivity index (χ1) is 11.8. The molecular weight excluding hydrogens is 449 g/mol. The Morgan fingerprint density at radius 1 is 1.12 bits per heavy atom. The van der Waals surface area contributed by atoms with Crippen molar-refractivity contribution >= 4 is 36.0 Å². The van der Waals surface area contributed by atoms with Gasteiger partial charge in [0.05, 0.1) is 6.54 Å². The second-order valence-corrected chi connectivity index (χ2v) is 6.77. The van der Waals surface area contributed by atoms with E-state index >= 15 is 0 Å². The van der Waals surface area contributed by atoms with Gasteiger partial charge in [0.1, 0.15) is 5.60 Å². The smallest absolute Gasteiger partial charge is 0.407 e. The Kier molecular flexibility index (Phi) is 17.3. The molecule has 1 amide bonds. The van der Waals surface area contributed by atoms with Gasteiger partial charge >= 0.3 is 6.09 Å². The molecule has 0 saturated carbocycles. The number of alkyl carbamates (subject to hydrolysis) is 1. The fourth-order valence-electron chi connectivity index (χ4n) is 1.92. The minimum Gasteiger partial charge on any atom is -0.444 e. The third kappa shape index (κ3) is 18.0. The number of rotatable bonds is 11. The molecule has 0 aromatic heterocycles. The molecule has 0 aliphatic rings. The van der Waals surface area contributed by atoms with Gasteiger partial charge in [-0.3, -0.25) is 4.99 Å². The topological polar surface area (TPSA) is 87.2 Å². The van der Waals surface area contributed by atoms with Crippen molar-refractivity contribution in [2.75, 3.05) is 60.0 Å². The Labute approximate surface area is 175 Å². The Hall–Kier alpha value is -0.810.